The summed E-state index contributed by atoms with van der Waals surface area (Å²) in [4.78, 5) is 4.95. The van der Waals surface area contributed by atoms with Crippen molar-refractivity contribution >= 4 is 13.7 Å². The Kier molecular flexibility index (Phi) is 24.8. The topological polar surface area (TPSA) is 39.1 Å². The van der Waals surface area contributed by atoms with Gasteiger partial charge in [-0.25, -0.2) is 48.5 Å². The maximum absolute atomic E-state index is 11.0. The summed E-state index contributed by atoms with van der Waals surface area (Å²) in [6, 6.07) is 50.4. The summed E-state index contributed by atoms with van der Waals surface area (Å²) >= 11 is 0. The first-order valence-electron chi connectivity index (χ1n) is 16.0. The maximum atomic E-state index is 11.0. The van der Waals surface area contributed by atoms with Crippen molar-refractivity contribution in [3.63, 3.8) is 0 Å². The molecule has 5 rings (SSSR count). The van der Waals surface area contributed by atoms with Crippen LogP contribution in [0.15, 0.2) is 145 Å². The second-order valence-corrected chi connectivity index (χ2v) is 13.6. The average molecular weight is 770 g/mol. The van der Waals surface area contributed by atoms with Crippen molar-refractivity contribution in [1.29, 1.82) is 0 Å². The van der Waals surface area contributed by atoms with E-state index in [1.54, 1.807) is 0 Å². The minimum absolute atomic E-state index is 0. The third-order valence-corrected chi connectivity index (χ3v) is 10.0. The van der Waals surface area contributed by atoms with Gasteiger partial charge in [-0.05, 0) is 55.4 Å². The number of rotatable bonds is 10. The quantitative estimate of drug-likeness (QED) is 0.0666. The predicted octanol–water partition coefficient (Wildman–Crippen LogP) is 10.4. The molecule has 0 heterocycles. The second kappa shape index (κ2) is 25.9. The van der Waals surface area contributed by atoms with Gasteiger partial charge in [-0.3, -0.25) is 9.34 Å². The van der Waals surface area contributed by atoms with E-state index in [2.05, 4.69) is 76.9 Å². The standard InChI is InChI=1S/C25H38N3OP.3C5H5.Fe.Zr/c1-18(2)27(19(3)4)30(28(20(5)6)21(7)8)25(23-16-10-9-11-17-23)26-24(29)22-14-12-13-15-22;3*1-2-4-5-3-1;;/h9-16,18-21,24,29H,1-8H3;3*1-5H;;/q-2;3*-1;;. The Bertz CT molecular complexity index is 1180. The molecule has 256 valence electrons. The van der Waals surface area contributed by atoms with E-state index in [4.69, 9.17) is 4.99 Å². The van der Waals surface area contributed by atoms with Crippen LogP contribution >= 0.6 is 8.22 Å². The number of nitrogens with zero attached hydrogens (tertiary/aromatic N) is 3. The molecule has 7 heteroatoms. The zero-order chi connectivity index (χ0) is 33.0. The molecule has 0 radical (unpaired) electrons. The van der Waals surface area contributed by atoms with Crippen LogP contribution in [0.5, 0.6) is 0 Å². The molecule has 0 aromatic heterocycles. The van der Waals surface area contributed by atoms with Crippen molar-refractivity contribution in [1.82, 2.24) is 9.34 Å². The van der Waals surface area contributed by atoms with E-state index in [0.29, 0.717) is 24.2 Å². The van der Waals surface area contributed by atoms with Gasteiger partial charge in [0.15, 0.2) is 0 Å². The monoisotopic (exact) mass is 768 g/mol. The fourth-order valence-electron chi connectivity index (χ4n) is 4.88. The van der Waals surface area contributed by atoms with Crippen molar-refractivity contribution in [2.24, 2.45) is 4.99 Å². The van der Waals surface area contributed by atoms with Crippen LogP contribution < -0.4 is 0 Å². The van der Waals surface area contributed by atoms with Crippen LogP contribution in [0.2, 0.25) is 0 Å². The van der Waals surface area contributed by atoms with E-state index in [1.807, 2.05) is 133 Å². The van der Waals surface area contributed by atoms with Crippen LogP contribution in [0, 0.1) is 6.07 Å². The first-order valence-corrected chi connectivity index (χ1v) is 17.2. The Labute approximate surface area is 316 Å². The molecule has 0 fully saturated rings. The molecule has 47 heavy (non-hydrogen) atoms. The largest absolute Gasteiger partial charge is 0.379 e. The number of hydrogen-bond donors (Lipinski definition) is 1. The van der Waals surface area contributed by atoms with Crippen LogP contribution in [0.4, 0.5) is 0 Å². The summed E-state index contributed by atoms with van der Waals surface area (Å²) in [6.07, 6.45) is -0.893. The van der Waals surface area contributed by atoms with Crippen molar-refractivity contribution < 1.29 is 48.4 Å². The van der Waals surface area contributed by atoms with Gasteiger partial charge in [-0.1, -0.05) is 0 Å². The van der Waals surface area contributed by atoms with Gasteiger partial charge in [0.25, 0.3) is 0 Å². The SMILES string of the molecule is CC(C)N(C(C)C)P(C(=NC(O)[c-]1cccc1)c1[c-]cccc1)N(C(C)C)C(C)C.[Fe].[Zr].c1cc[cH-]c1.c1cc[cH-]c1.c1cc[cH-]c1. The van der Waals surface area contributed by atoms with E-state index in [0.717, 1.165) is 16.6 Å². The number of benzene rings is 1. The Morgan fingerprint density at radius 1 is 0.660 bits per heavy atom. The van der Waals surface area contributed by atoms with Gasteiger partial charge in [-0.15, -0.1) is 41.5 Å². The smallest absolute Gasteiger partial charge is 0.116 e. The normalized spacial score (nSPS) is 11.7. The Hall–Kier alpha value is -2.00. The summed E-state index contributed by atoms with van der Waals surface area (Å²) in [7, 11) is -0.968. The molecule has 4 nitrogen and oxygen atoms in total. The summed E-state index contributed by atoms with van der Waals surface area (Å²) in [5, 5.41) is 11.0. The molecule has 0 saturated heterocycles. The maximum Gasteiger partial charge on any atom is 0.116 e. The molecular formula is C40H53FeN3OPZr-5. The fraction of sp³-hybridized carbons (Fsp3) is 0.325. The number of aliphatic imine (C=N–C) groups is 1. The van der Waals surface area contributed by atoms with Gasteiger partial charge in [0, 0.05) is 81.1 Å². The molecule has 0 spiro atoms. The van der Waals surface area contributed by atoms with Gasteiger partial charge >= 0.3 is 0 Å². The summed E-state index contributed by atoms with van der Waals surface area (Å²) in [6.45, 7) is 18.0. The van der Waals surface area contributed by atoms with E-state index >= 15 is 0 Å². The first kappa shape index (κ1) is 45.0. The summed E-state index contributed by atoms with van der Waals surface area (Å²) < 4.78 is 5.10. The minimum atomic E-state index is -0.968. The summed E-state index contributed by atoms with van der Waals surface area (Å²) in [5.74, 6) is 0. The molecule has 1 atom stereocenters. The Balaban J connectivity index is 0.00000100. The van der Waals surface area contributed by atoms with Gasteiger partial charge in [0.2, 0.25) is 0 Å². The molecule has 1 unspecified atom stereocenters. The second-order valence-electron chi connectivity index (χ2n) is 11.6. The van der Waals surface area contributed by atoms with Crippen molar-refractivity contribution in [3.05, 3.63) is 157 Å². The number of aliphatic hydroxyl groups excluding tert-OH is 1. The molecule has 5 aromatic rings. The van der Waals surface area contributed by atoms with Crippen LogP contribution in [-0.2, 0) is 43.3 Å². The Morgan fingerprint density at radius 2 is 1.04 bits per heavy atom. The van der Waals surface area contributed by atoms with Crippen molar-refractivity contribution in [2.75, 3.05) is 0 Å². The van der Waals surface area contributed by atoms with Gasteiger partial charge in [0.1, 0.15) is 6.23 Å². The van der Waals surface area contributed by atoms with Gasteiger partial charge in [-0.2, -0.15) is 66.7 Å². The predicted molar refractivity (Wildman–Crippen MR) is 196 cm³/mol. The van der Waals surface area contributed by atoms with Crippen molar-refractivity contribution in [3.8, 4) is 0 Å². The van der Waals surface area contributed by atoms with E-state index in [1.165, 1.54) is 0 Å². The molecule has 0 amide bonds. The molecule has 0 saturated carbocycles. The van der Waals surface area contributed by atoms with Crippen molar-refractivity contribution in [2.45, 2.75) is 85.8 Å². The molecule has 0 bridgehead atoms. The summed E-state index contributed by atoms with van der Waals surface area (Å²) in [5.41, 5.74) is 2.69. The van der Waals surface area contributed by atoms with Gasteiger partial charge in [0.05, 0.1) is 0 Å². The zero-order valence-electron chi connectivity index (χ0n) is 29.3. The van der Waals surface area contributed by atoms with E-state index < -0.39 is 14.5 Å². The number of hydrogen-bond acceptors (Lipinski definition) is 4. The molecule has 1 N–H and O–H groups in total. The molecule has 0 aliphatic carbocycles. The van der Waals surface area contributed by atoms with Gasteiger partial charge < -0.3 is 10.1 Å². The van der Waals surface area contributed by atoms with Crippen LogP contribution in [0.1, 0.15) is 72.7 Å². The molecule has 0 aliphatic rings. The zero-order valence-corrected chi connectivity index (χ0v) is 33.7. The minimum Gasteiger partial charge on any atom is -0.379 e. The third-order valence-electron chi connectivity index (χ3n) is 6.59. The third kappa shape index (κ3) is 16.8. The fourth-order valence-corrected chi connectivity index (χ4v) is 7.87. The first-order chi connectivity index (χ1) is 21.6. The molecule has 0 aliphatic heterocycles. The van der Waals surface area contributed by atoms with Crippen LogP contribution in [0.3, 0.4) is 0 Å². The van der Waals surface area contributed by atoms with E-state index in [9.17, 15) is 5.11 Å². The van der Waals surface area contributed by atoms with Crippen LogP contribution in [0.25, 0.3) is 0 Å². The average Bonchev–Trinajstić information content (AvgIpc) is 3.86. The Morgan fingerprint density at radius 3 is 1.32 bits per heavy atom. The molecular weight excluding hydrogens is 717 g/mol. The molecule has 5 aromatic carbocycles. The number of aliphatic hydroxyl groups is 1. The van der Waals surface area contributed by atoms with Crippen LogP contribution in [-0.4, -0.2) is 44.1 Å². The van der Waals surface area contributed by atoms with E-state index in [-0.39, 0.29) is 43.3 Å².